The maximum Gasteiger partial charge on any atom is 0.337 e. The Labute approximate surface area is 259 Å². The summed E-state index contributed by atoms with van der Waals surface area (Å²) in [6.07, 6.45) is 0.487. The Kier molecular flexibility index (Phi) is 8.19. The SMILES string of the molecule is CNc1cc(C(=O)OC)ccc1NC(=O)[C@@H]1N[C@@H](CC(C)(C)C)C2(C(=O)Nc3cc(Cl)ccc32)[C@H]1c1cccc(Cl)c1F. The third kappa shape index (κ3) is 5.34. The average molecular weight is 628 g/mol. The number of carbonyl (C=O) groups excluding carboxylic acids is 3. The Morgan fingerprint density at radius 1 is 1.07 bits per heavy atom. The summed E-state index contributed by atoms with van der Waals surface area (Å²) in [6, 6.07) is 12.8. The zero-order valence-corrected chi connectivity index (χ0v) is 25.9. The van der Waals surface area contributed by atoms with Crippen molar-refractivity contribution in [3.63, 3.8) is 0 Å². The Bertz CT molecular complexity index is 1630. The predicted octanol–water partition coefficient (Wildman–Crippen LogP) is 6.35. The minimum atomic E-state index is -1.37. The van der Waals surface area contributed by atoms with Crippen molar-refractivity contribution >= 4 is 58.0 Å². The first-order chi connectivity index (χ1) is 20.3. The van der Waals surface area contributed by atoms with Crippen molar-refractivity contribution in [2.75, 3.05) is 30.1 Å². The van der Waals surface area contributed by atoms with Gasteiger partial charge in [0.15, 0.2) is 0 Å². The number of carbonyl (C=O) groups is 3. The summed E-state index contributed by atoms with van der Waals surface area (Å²) in [7, 11) is 2.94. The minimum Gasteiger partial charge on any atom is -0.465 e. The number of rotatable bonds is 6. The molecule has 2 aliphatic rings. The third-order valence-corrected chi connectivity index (χ3v) is 8.72. The number of methoxy groups -OCH3 is 1. The summed E-state index contributed by atoms with van der Waals surface area (Å²) in [6.45, 7) is 6.13. The lowest BCUT2D eigenvalue weighted by Crippen LogP contribution is -2.49. The van der Waals surface area contributed by atoms with Crippen molar-refractivity contribution in [1.82, 2.24) is 5.32 Å². The Hall–Kier alpha value is -3.66. The van der Waals surface area contributed by atoms with Crippen molar-refractivity contribution < 1.29 is 23.5 Å². The van der Waals surface area contributed by atoms with Crippen molar-refractivity contribution in [3.05, 3.63) is 87.2 Å². The van der Waals surface area contributed by atoms with Crippen molar-refractivity contribution in [2.24, 2.45) is 5.41 Å². The first-order valence-corrected chi connectivity index (χ1v) is 14.6. The van der Waals surface area contributed by atoms with Gasteiger partial charge in [-0.3, -0.25) is 9.59 Å². The molecule has 5 rings (SSSR count). The molecule has 1 spiro atoms. The number of hydrogen-bond donors (Lipinski definition) is 4. The highest BCUT2D eigenvalue weighted by Crippen LogP contribution is 2.57. The molecule has 3 aromatic rings. The summed E-state index contributed by atoms with van der Waals surface area (Å²) < 4.78 is 20.8. The van der Waals surface area contributed by atoms with Gasteiger partial charge in [-0.05, 0) is 59.4 Å². The Balaban J connectivity index is 1.68. The van der Waals surface area contributed by atoms with E-state index in [1.165, 1.54) is 19.2 Å². The molecule has 2 amide bonds. The number of hydrogen-bond acceptors (Lipinski definition) is 6. The number of benzene rings is 3. The van der Waals surface area contributed by atoms with Gasteiger partial charge in [-0.25, -0.2) is 9.18 Å². The molecule has 0 aliphatic carbocycles. The maximum atomic E-state index is 16.0. The lowest BCUT2D eigenvalue weighted by Gasteiger charge is -2.37. The van der Waals surface area contributed by atoms with Crippen LogP contribution >= 0.6 is 23.2 Å². The fourth-order valence-electron chi connectivity index (χ4n) is 6.47. The largest absolute Gasteiger partial charge is 0.465 e. The van der Waals surface area contributed by atoms with Gasteiger partial charge in [0.25, 0.3) is 0 Å². The van der Waals surface area contributed by atoms with Crippen LogP contribution in [0.15, 0.2) is 54.6 Å². The summed E-state index contributed by atoms with van der Waals surface area (Å²) >= 11 is 12.6. The van der Waals surface area contributed by atoms with Crippen LogP contribution in [0, 0.1) is 11.2 Å². The number of ether oxygens (including phenoxy) is 1. The van der Waals surface area contributed by atoms with E-state index in [1.54, 1.807) is 49.5 Å². The molecule has 226 valence electrons. The standard InChI is InChI=1S/C32H33Cl2FN4O4/c1-31(2,3)15-24-32(19-11-10-17(33)14-22(19)38-30(32)42)25(18-7-6-8-20(34)26(18)35)27(39-24)28(40)37-21-12-9-16(29(41)43-5)13-23(21)36-4/h6-14,24-25,27,36,39H,15H2,1-5H3,(H,37,40)(H,38,42)/t24-,25-,27+,32?/m0/s1. The lowest BCUT2D eigenvalue weighted by molar-refractivity contribution is -0.122. The Morgan fingerprint density at radius 3 is 2.49 bits per heavy atom. The molecule has 2 aliphatic heterocycles. The van der Waals surface area contributed by atoms with Gasteiger partial charge in [-0.15, -0.1) is 0 Å². The monoisotopic (exact) mass is 626 g/mol. The van der Waals surface area contributed by atoms with Crippen LogP contribution in [0.5, 0.6) is 0 Å². The minimum absolute atomic E-state index is 0.114. The first-order valence-electron chi connectivity index (χ1n) is 13.8. The number of nitrogens with one attached hydrogen (secondary N) is 4. The number of esters is 1. The first kappa shape index (κ1) is 30.8. The topological polar surface area (TPSA) is 109 Å². The predicted molar refractivity (Wildman–Crippen MR) is 167 cm³/mol. The molecular formula is C32H33Cl2FN4O4. The molecule has 4 N–H and O–H groups in total. The van der Waals surface area contributed by atoms with E-state index in [1.807, 2.05) is 20.8 Å². The smallest absolute Gasteiger partial charge is 0.337 e. The molecule has 1 saturated heterocycles. The molecule has 1 unspecified atom stereocenters. The fourth-order valence-corrected chi connectivity index (χ4v) is 6.82. The van der Waals surface area contributed by atoms with Crippen molar-refractivity contribution in [3.8, 4) is 0 Å². The highest BCUT2D eigenvalue weighted by atomic mass is 35.5. The van der Waals surface area contributed by atoms with Crippen LogP contribution in [0.1, 0.15) is 54.6 Å². The zero-order chi connectivity index (χ0) is 31.3. The van der Waals surface area contributed by atoms with Crippen LogP contribution in [0.3, 0.4) is 0 Å². The van der Waals surface area contributed by atoms with Crippen LogP contribution < -0.4 is 21.3 Å². The van der Waals surface area contributed by atoms with E-state index in [-0.39, 0.29) is 21.9 Å². The van der Waals surface area contributed by atoms with Crippen LogP contribution in [-0.2, 0) is 19.7 Å². The fraction of sp³-hybridized carbons (Fsp3) is 0.344. The van der Waals surface area contributed by atoms with E-state index in [0.29, 0.717) is 39.6 Å². The van der Waals surface area contributed by atoms with E-state index in [0.717, 1.165) is 0 Å². The molecule has 0 bridgehead atoms. The van der Waals surface area contributed by atoms with Gasteiger partial charge in [0.2, 0.25) is 11.8 Å². The molecule has 0 aromatic heterocycles. The highest BCUT2D eigenvalue weighted by molar-refractivity contribution is 6.31. The summed E-state index contributed by atoms with van der Waals surface area (Å²) in [5.74, 6) is -3.06. The van der Waals surface area contributed by atoms with Crippen LogP contribution in [-0.4, -0.2) is 44.0 Å². The van der Waals surface area contributed by atoms with Gasteiger partial charge in [0.1, 0.15) is 11.2 Å². The second-order valence-electron chi connectivity index (χ2n) is 12.1. The Morgan fingerprint density at radius 2 is 1.81 bits per heavy atom. The molecule has 43 heavy (non-hydrogen) atoms. The van der Waals surface area contributed by atoms with E-state index >= 15 is 4.39 Å². The van der Waals surface area contributed by atoms with Gasteiger partial charge >= 0.3 is 5.97 Å². The van der Waals surface area contributed by atoms with Crippen LogP contribution in [0.25, 0.3) is 0 Å². The van der Waals surface area contributed by atoms with E-state index < -0.39 is 41.1 Å². The third-order valence-electron chi connectivity index (χ3n) is 8.19. The molecule has 11 heteroatoms. The summed E-state index contributed by atoms with van der Waals surface area (Å²) in [5.41, 5.74) is 0.800. The van der Waals surface area contributed by atoms with E-state index in [2.05, 4.69) is 21.3 Å². The molecular weight excluding hydrogens is 594 g/mol. The van der Waals surface area contributed by atoms with Gasteiger partial charge in [-0.2, -0.15) is 0 Å². The lowest BCUT2D eigenvalue weighted by atomic mass is 9.62. The average Bonchev–Trinajstić information content (AvgIpc) is 3.43. The van der Waals surface area contributed by atoms with Crippen molar-refractivity contribution in [1.29, 1.82) is 0 Å². The van der Waals surface area contributed by atoms with E-state index in [9.17, 15) is 14.4 Å². The van der Waals surface area contributed by atoms with E-state index in [4.69, 9.17) is 27.9 Å². The molecule has 2 heterocycles. The number of anilines is 3. The van der Waals surface area contributed by atoms with Gasteiger partial charge in [0, 0.05) is 29.7 Å². The van der Waals surface area contributed by atoms with Gasteiger partial charge in [0.05, 0.1) is 35.1 Å². The molecule has 4 atom stereocenters. The van der Waals surface area contributed by atoms with Crippen molar-refractivity contribution in [2.45, 2.75) is 50.6 Å². The van der Waals surface area contributed by atoms with Crippen LogP contribution in [0.4, 0.5) is 21.5 Å². The molecule has 0 saturated carbocycles. The van der Waals surface area contributed by atoms with Crippen LogP contribution in [0.2, 0.25) is 10.0 Å². The van der Waals surface area contributed by atoms with Gasteiger partial charge < -0.3 is 26.0 Å². The number of fused-ring (bicyclic) bond motifs is 2. The normalized spacial score (nSPS) is 22.7. The number of amides is 2. The summed E-state index contributed by atoms with van der Waals surface area (Å²) in [4.78, 5) is 40.6. The molecule has 8 nitrogen and oxygen atoms in total. The molecule has 1 fully saturated rings. The molecule has 0 radical (unpaired) electrons. The second-order valence-corrected chi connectivity index (χ2v) is 12.9. The second kappa shape index (κ2) is 11.4. The number of halogens is 3. The maximum absolute atomic E-state index is 16.0. The summed E-state index contributed by atoms with van der Waals surface area (Å²) in [5, 5.41) is 12.7. The molecule has 3 aromatic carbocycles. The quantitative estimate of drug-likeness (QED) is 0.237. The highest BCUT2D eigenvalue weighted by Gasteiger charge is 2.66. The van der Waals surface area contributed by atoms with Gasteiger partial charge in [-0.1, -0.05) is 62.2 Å². The zero-order valence-electron chi connectivity index (χ0n) is 24.4.